The van der Waals surface area contributed by atoms with Crippen LogP contribution in [0.15, 0.2) is 63.5 Å². The van der Waals surface area contributed by atoms with E-state index in [4.69, 9.17) is 9.15 Å². The van der Waals surface area contributed by atoms with E-state index in [1.165, 1.54) is 4.90 Å². The van der Waals surface area contributed by atoms with Gasteiger partial charge in [0.25, 0.3) is 11.8 Å². The number of imide groups is 1. The maximum absolute atomic E-state index is 14.2. The zero-order chi connectivity index (χ0) is 28.7. The van der Waals surface area contributed by atoms with Crippen LogP contribution in [0.5, 0.6) is 0 Å². The number of hydrogen-bond donors (Lipinski definition) is 2. The van der Waals surface area contributed by atoms with Crippen LogP contribution < -0.4 is 10.6 Å². The number of nitrogens with one attached hydrogen (secondary N) is 2. The molecule has 5 rings (SSSR count). The summed E-state index contributed by atoms with van der Waals surface area (Å²) in [7, 11) is 0. The monoisotopic (exact) mass is 624 g/mol. The Morgan fingerprint density at radius 2 is 1.76 bits per heavy atom. The number of hydrogen-bond acceptors (Lipinski definition) is 6. The number of halogens is 1. The Hall–Kier alpha value is -3.21. The van der Waals surface area contributed by atoms with E-state index in [-0.39, 0.29) is 18.2 Å². The summed E-state index contributed by atoms with van der Waals surface area (Å²) in [5.41, 5.74) is 0.452. The number of nitrogens with zero attached hydrogens (tertiary/aromatic N) is 2. The lowest BCUT2D eigenvalue weighted by Crippen LogP contribution is -2.61. The van der Waals surface area contributed by atoms with Gasteiger partial charge < -0.3 is 19.8 Å². The third-order valence-electron chi connectivity index (χ3n) is 7.91. The summed E-state index contributed by atoms with van der Waals surface area (Å²) in [5.74, 6) is -0.689. The highest BCUT2D eigenvalue weighted by atomic mass is 79.9. The summed E-state index contributed by atoms with van der Waals surface area (Å²) in [5, 5.41) is 6.74. The molecule has 10 heteroatoms. The van der Waals surface area contributed by atoms with Crippen LogP contribution in [-0.2, 0) is 16.0 Å². The third kappa shape index (κ3) is 7.36. The molecule has 0 spiro atoms. The van der Waals surface area contributed by atoms with E-state index in [0.717, 1.165) is 67.5 Å². The van der Waals surface area contributed by atoms with Gasteiger partial charge in [-0.1, -0.05) is 59.1 Å². The van der Waals surface area contributed by atoms with Crippen molar-refractivity contribution in [1.29, 1.82) is 0 Å². The van der Waals surface area contributed by atoms with Crippen molar-refractivity contribution in [2.24, 2.45) is 0 Å². The van der Waals surface area contributed by atoms with Gasteiger partial charge in [-0.3, -0.25) is 19.4 Å². The number of fused-ring (bicyclic) bond motifs is 1. The lowest BCUT2D eigenvalue weighted by Gasteiger charge is -2.34. The van der Waals surface area contributed by atoms with Crippen molar-refractivity contribution in [3.8, 4) is 0 Å². The molecule has 1 saturated carbocycles. The van der Waals surface area contributed by atoms with Crippen molar-refractivity contribution in [1.82, 2.24) is 20.4 Å². The molecule has 2 aliphatic rings. The second-order valence-corrected chi connectivity index (χ2v) is 11.7. The van der Waals surface area contributed by atoms with E-state index in [2.05, 4.69) is 31.5 Å². The summed E-state index contributed by atoms with van der Waals surface area (Å²) in [6.07, 6.45) is 3.80. The van der Waals surface area contributed by atoms with Crippen LogP contribution in [0.3, 0.4) is 0 Å². The van der Waals surface area contributed by atoms with E-state index in [9.17, 15) is 14.4 Å². The Labute approximate surface area is 248 Å². The summed E-state index contributed by atoms with van der Waals surface area (Å²) in [6.45, 7) is 4.77. The topological polar surface area (TPSA) is 104 Å². The second-order valence-electron chi connectivity index (χ2n) is 10.8. The minimum absolute atomic E-state index is 0.139. The lowest BCUT2D eigenvalue weighted by molar-refractivity contribution is -0.134. The molecule has 1 aliphatic carbocycles. The van der Waals surface area contributed by atoms with Gasteiger partial charge in [0.1, 0.15) is 11.1 Å². The first-order valence-electron chi connectivity index (χ1n) is 14.4. The lowest BCUT2D eigenvalue weighted by atomic mass is 9.94. The van der Waals surface area contributed by atoms with Crippen LogP contribution in [-0.4, -0.2) is 79.1 Å². The summed E-state index contributed by atoms with van der Waals surface area (Å²) in [6, 6.07) is 16.6. The molecule has 1 aliphatic heterocycles. The third-order valence-corrected chi connectivity index (χ3v) is 8.40. The van der Waals surface area contributed by atoms with Crippen molar-refractivity contribution in [3.63, 3.8) is 0 Å². The van der Waals surface area contributed by atoms with Gasteiger partial charge in [0.2, 0.25) is 0 Å². The minimum Gasteiger partial charge on any atom is -0.451 e. The highest BCUT2D eigenvalue weighted by Crippen LogP contribution is 2.33. The predicted molar refractivity (Wildman–Crippen MR) is 160 cm³/mol. The quantitative estimate of drug-likeness (QED) is 0.316. The Kier molecular flexibility index (Phi) is 9.74. The van der Waals surface area contributed by atoms with E-state index in [0.29, 0.717) is 31.4 Å². The molecule has 0 bridgehead atoms. The number of rotatable bonds is 10. The molecular formula is C31H37BrN4O5. The highest BCUT2D eigenvalue weighted by molar-refractivity contribution is 9.10. The number of benzene rings is 2. The Bertz CT molecular complexity index is 1350. The first kappa shape index (κ1) is 29.3. The molecule has 2 heterocycles. The number of carbonyl (C=O) groups is 3. The van der Waals surface area contributed by atoms with Gasteiger partial charge >= 0.3 is 6.03 Å². The number of urea groups is 1. The summed E-state index contributed by atoms with van der Waals surface area (Å²) in [4.78, 5) is 44.7. The molecule has 1 saturated heterocycles. The molecule has 4 amide bonds. The molecule has 2 N–H and O–H groups in total. The maximum Gasteiger partial charge on any atom is 0.324 e. The van der Waals surface area contributed by atoms with Crippen LogP contribution in [0.4, 0.5) is 4.79 Å². The molecule has 9 nitrogen and oxygen atoms in total. The zero-order valence-electron chi connectivity index (χ0n) is 23.2. The fourth-order valence-corrected chi connectivity index (χ4v) is 6.01. The molecule has 0 atom stereocenters. The van der Waals surface area contributed by atoms with Crippen LogP contribution in [0, 0.1) is 0 Å². The average molecular weight is 626 g/mol. The zero-order valence-corrected chi connectivity index (χ0v) is 24.8. The van der Waals surface area contributed by atoms with E-state index in [1.807, 2.05) is 42.5 Å². The largest absolute Gasteiger partial charge is 0.451 e. The van der Waals surface area contributed by atoms with Gasteiger partial charge in [-0.2, -0.15) is 0 Å². The van der Waals surface area contributed by atoms with E-state index in [1.54, 1.807) is 12.1 Å². The molecule has 3 aromatic rings. The molecule has 2 aromatic carbocycles. The van der Waals surface area contributed by atoms with Crippen molar-refractivity contribution in [3.05, 3.63) is 70.4 Å². The summed E-state index contributed by atoms with van der Waals surface area (Å²) < 4.78 is 12.1. The second kappa shape index (κ2) is 13.6. The molecular weight excluding hydrogens is 588 g/mol. The number of furan rings is 1. The smallest absolute Gasteiger partial charge is 0.324 e. The fourth-order valence-electron chi connectivity index (χ4n) is 5.63. The number of ether oxygens (including phenoxy) is 1. The number of carbonyl (C=O) groups excluding carboxylic acids is 3. The summed E-state index contributed by atoms with van der Waals surface area (Å²) >= 11 is 3.44. The van der Waals surface area contributed by atoms with Gasteiger partial charge in [-0.05, 0) is 62.1 Å². The van der Waals surface area contributed by atoms with Crippen LogP contribution in [0.25, 0.3) is 11.0 Å². The van der Waals surface area contributed by atoms with Gasteiger partial charge in [-0.25, -0.2) is 4.79 Å². The Balaban J connectivity index is 1.29. The van der Waals surface area contributed by atoms with Crippen LogP contribution in [0.1, 0.15) is 48.2 Å². The SMILES string of the molecule is O=C(NC1(C(=O)N(CCc2ccccc2)C(=O)NCCCN2CCOCC2)CCCC1)c1cc2cc(Br)ccc2o1. The van der Waals surface area contributed by atoms with Gasteiger partial charge in [0.05, 0.1) is 13.2 Å². The standard InChI is InChI=1S/C31H37BrN4O5/c32-25-9-10-26-24(21-25)22-27(41-26)28(37)34-31(12-4-5-13-31)29(38)36(16-11-23-7-2-1-3-8-23)30(39)33-14-6-15-35-17-19-40-20-18-35/h1-3,7-10,21-22H,4-6,11-20H2,(H,33,39)(H,34,37). The van der Waals surface area contributed by atoms with E-state index < -0.39 is 17.5 Å². The normalized spacial score (nSPS) is 16.9. The molecule has 0 radical (unpaired) electrons. The predicted octanol–water partition coefficient (Wildman–Crippen LogP) is 4.74. The first-order valence-corrected chi connectivity index (χ1v) is 15.2. The fraction of sp³-hybridized carbons (Fsp3) is 0.452. The van der Waals surface area contributed by atoms with Gasteiger partial charge in [0, 0.05) is 36.0 Å². The van der Waals surface area contributed by atoms with E-state index >= 15 is 0 Å². The molecule has 41 heavy (non-hydrogen) atoms. The Morgan fingerprint density at radius 3 is 2.51 bits per heavy atom. The molecule has 218 valence electrons. The molecule has 0 unspecified atom stereocenters. The van der Waals surface area contributed by atoms with Crippen molar-refractivity contribution in [2.75, 3.05) is 45.9 Å². The van der Waals surface area contributed by atoms with Gasteiger partial charge in [0.15, 0.2) is 5.76 Å². The van der Waals surface area contributed by atoms with Crippen LogP contribution >= 0.6 is 15.9 Å². The maximum atomic E-state index is 14.2. The van der Waals surface area contributed by atoms with Crippen molar-refractivity contribution >= 4 is 44.7 Å². The molecule has 1 aromatic heterocycles. The van der Waals surface area contributed by atoms with Crippen molar-refractivity contribution < 1.29 is 23.5 Å². The highest BCUT2D eigenvalue weighted by Gasteiger charge is 2.46. The first-order chi connectivity index (χ1) is 19.9. The average Bonchev–Trinajstić information content (AvgIpc) is 3.64. The van der Waals surface area contributed by atoms with Crippen molar-refractivity contribution in [2.45, 2.75) is 44.1 Å². The number of morpholine rings is 1. The Morgan fingerprint density at radius 1 is 1.00 bits per heavy atom. The van der Waals surface area contributed by atoms with Crippen LogP contribution in [0.2, 0.25) is 0 Å². The minimum atomic E-state index is -1.17. The number of amides is 4. The molecule has 2 fully saturated rings. The van der Waals surface area contributed by atoms with Gasteiger partial charge in [-0.15, -0.1) is 0 Å².